The fourth-order valence-corrected chi connectivity index (χ4v) is 3.78. The highest BCUT2D eigenvalue weighted by Gasteiger charge is 2.29. The van der Waals surface area contributed by atoms with Crippen LogP contribution in [-0.2, 0) is 14.3 Å². The molecule has 0 aliphatic carbocycles. The summed E-state index contributed by atoms with van der Waals surface area (Å²) < 4.78 is 16.7. The van der Waals surface area contributed by atoms with Crippen molar-refractivity contribution in [2.75, 3.05) is 39.5 Å². The molecular formula is C24H28N2O5. The Kier molecular flexibility index (Phi) is 7.17. The lowest BCUT2D eigenvalue weighted by Gasteiger charge is -2.31. The Morgan fingerprint density at radius 2 is 1.77 bits per heavy atom. The van der Waals surface area contributed by atoms with Gasteiger partial charge >= 0.3 is 0 Å². The number of amides is 2. The molecule has 2 heterocycles. The molecule has 2 saturated heterocycles. The summed E-state index contributed by atoms with van der Waals surface area (Å²) in [6.45, 7) is 3.36. The van der Waals surface area contributed by atoms with E-state index in [4.69, 9.17) is 14.2 Å². The molecule has 2 fully saturated rings. The minimum Gasteiger partial charge on any atom is -0.491 e. The van der Waals surface area contributed by atoms with Crippen LogP contribution in [0.4, 0.5) is 0 Å². The van der Waals surface area contributed by atoms with Crippen LogP contribution in [0.15, 0.2) is 54.6 Å². The molecule has 2 amide bonds. The second kappa shape index (κ2) is 10.4. The van der Waals surface area contributed by atoms with Gasteiger partial charge in [-0.15, -0.1) is 0 Å². The molecule has 0 unspecified atom stereocenters. The van der Waals surface area contributed by atoms with Crippen LogP contribution >= 0.6 is 0 Å². The van der Waals surface area contributed by atoms with Gasteiger partial charge in [-0.05, 0) is 42.7 Å². The van der Waals surface area contributed by atoms with Crippen LogP contribution in [0.3, 0.4) is 0 Å². The summed E-state index contributed by atoms with van der Waals surface area (Å²) in [6, 6.07) is 15.5. The van der Waals surface area contributed by atoms with Gasteiger partial charge in [0.15, 0.2) is 0 Å². The third-order valence-electron chi connectivity index (χ3n) is 5.55. The van der Waals surface area contributed by atoms with Crippen LogP contribution in [0.1, 0.15) is 34.8 Å². The molecule has 31 heavy (non-hydrogen) atoms. The van der Waals surface area contributed by atoms with Gasteiger partial charge in [0.05, 0.1) is 19.3 Å². The van der Waals surface area contributed by atoms with Crippen LogP contribution < -0.4 is 10.1 Å². The van der Waals surface area contributed by atoms with E-state index in [9.17, 15) is 9.59 Å². The Hall–Kier alpha value is -2.90. The average Bonchev–Trinajstić information content (AvgIpc) is 3.36. The number of nitrogens with one attached hydrogen (secondary N) is 1. The van der Waals surface area contributed by atoms with Crippen molar-refractivity contribution < 1.29 is 23.8 Å². The van der Waals surface area contributed by atoms with Crippen LogP contribution in [0.25, 0.3) is 0 Å². The summed E-state index contributed by atoms with van der Waals surface area (Å²) in [5.74, 6) is 0.261. The van der Waals surface area contributed by atoms with Gasteiger partial charge in [0.1, 0.15) is 18.4 Å². The Morgan fingerprint density at radius 3 is 2.45 bits per heavy atom. The smallest absolute Gasteiger partial charge is 0.252 e. The molecule has 0 spiro atoms. The molecule has 0 saturated carbocycles. The molecule has 0 radical (unpaired) electrons. The minimum absolute atomic E-state index is 0.126. The highest BCUT2D eigenvalue weighted by Crippen LogP contribution is 2.20. The van der Waals surface area contributed by atoms with Crippen LogP contribution in [0.5, 0.6) is 5.75 Å². The zero-order valence-electron chi connectivity index (χ0n) is 17.5. The van der Waals surface area contributed by atoms with E-state index in [0.29, 0.717) is 44.2 Å². The SMILES string of the molecule is O=C(N[C@H](C(=O)N1CCOCC1)c1ccccc1)c1ccc(OC[C@@H]2CCCO2)cc1. The molecule has 2 aliphatic heterocycles. The minimum atomic E-state index is -0.748. The van der Waals surface area contributed by atoms with Crippen LogP contribution in [0.2, 0.25) is 0 Å². The van der Waals surface area contributed by atoms with Gasteiger partial charge in [-0.25, -0.2) is 0 Å². The summed E-state index contributed by atoms with van der Waals surface area (Å²) in [7, 11) is 0. The fraction of sp³-hybridized carbons (Fsp3) is 0.417. The van der Waals surface area contributed by atoms with Crippen molar-refractivity contribution in [3.63, 3.8) is 0 Å². The zero-order valence-corrected chi connectivity index (χ0v) is 17.5. The van der Waals surface area contributed by atoms with Gasteiger partial charge in [-0.3, -0.25) is 9.59 Å². The van der Waals surface area contributed by atoms with Crippen LogP contribution in [0, 0.1) is 0 Å². The molecule has 7 heteroatoms. The van der Waals surface area contributed by atoms with E-state index in [1.54, 1.807) is 29.2 Å². The molecule has 4 rings (SSSR count). The molecule has 2 aliphatic rings. The predicted octanol–water partition coefficient (Wildman–Crippen LogP) is 2.57. The van der Waals surface area contributed by atoms with E-state index in [-0.39, 0.29) is 17.9 Å². The molecule has 7 nitrogen and oxygen atoms in total. The first kappa shape index (κ1) is 21.3. The Morgan fingerprint density at radius 1 is 1.03 bits per heavy atom. The van der Waals surface area contributed by atoms with Gasteiger partial charge in [0.25, 0.3) is 5.91 Å². The normalized spacial score (nSPS) is 19.6. The van der Waals surface area contributed by atoms with Crippen molar-refractivity contribution in [3.8, 4) is 5.75 Å². The summed E-state index contributed by atoms with van der Waals surface area (Å²) in [4.78, 5) is 27.8. The third-order valence-corrected chi connectivity index (χ3v) is 5.55. The van der Waals surface area contributed by atoms with Crippen molar-refractivity contribution in [1.29, 1.82) is 0 Å². The molecule has 0 bridgehead atoms. The molecule has 2 atom stereocenters. The summed E-state index contributed by atoms with van der Waals surface area (Å²) in [5.41, 5.74) is 1.23. The summed E-state index contributed by atoms with van der Waals surface area (Å²) in [5, 5.41) is 2.91. The Labute approximate surface area is 182 Å². The molecule has 1 N–H and O–H groups in total. The molecular weight excluding hydrogens is 396 g/mol. The molecule has 0 aromatic heterocycles. The maximum atomic E-state index is 13.2. The standard InChI is InChI=1S/C24H28N2O5/c27-23(19-8-10-20(11-9-19)31-17-21-7-4-14-30-21)25-22(18-5-2-1-3-6-18)24(28)26-12-15-29-16-13-26/h1-3,5-6,8-11,21-22H,4,7,12-17H2,(H,25,27)/t21-,22-/m0/s1. The third kappa shape index (κ3) is 5.62. The fourth-order valence-electron chi connectivity index (χ4n) is 3.78. The first-order valence-corrected chi connectivity index (χ1v) is 10.8. The molecule has 2 aromatic rings. The van der Waals surface area contributed by atoms with Gasteiger partial charge in [0.2, 0.25) is 5.91 Å². The van der Waals surface area contributed by atoms with E-state index < -0.39 is 6.04 Å². The van der Waals surface area contributed by atoms with Crippen LogP contribution in [-0.4, -0.2) is 62.3 Å². The number of rotatable bonds is 7. The second-order valence-corrected chi connectivity index (χ2v) is 7.73. The van der Waals surface area contributed by atoms with E-state index in [1.165, 1.54) is 0 Å². The van der Waals surface area contributed by atoms with Crippen molar-refractivity contribution in [2.24, 2.45) is 0 Å². The van der Waals surface area contributed by atoms with E-state index in [1.807, 2.05) is 30.3 Å². The number of benzene rings is 2. The van der Waals surface area contributed by atoms with E-state index >= 15 is 0 Å². The largest absolute Gasteiger partial charge is 0.491 e. The van der Waals surface area contributed by atoms with Crippen molar-refractivity contribution >= 4 is 11.8 Å². The first-order valence-electron chi connectivity index (χ1n) is 10.8. The topological polar surface area (TPSA) is 77.1 Å². The van der Waals surface area contributed by atoms with Gasteiger partial charge in [-0.2, -0.15) is 0 Å². The number of carbonyl (C=O) groups is 2. The summed E-state index contributed by atoms with van der Waals surface area (Å²) >= 11 is 0. The highest BCUT2D eigenvalue weighted by atomic mass is 16.5. The predicted molar refractivity (Wildman–Crippen MR) is 115 cm³/mol. The van der Waals surface area contributed by atoms with Gasteiger partial charge in [-0.1, -0.05) is 30.3 Å². The first-order chi connectivity index (χ1) is 15.2. The maximum Gasteiger partial charge on any atom is 0.252 e. The number of hydrogen-bond acceptors (Lipinski definition) is 5. The number of ether oxygens (including phenoxy) is 3. The lowest BCUT2D eigenvalue weighted by atomic mass is 10.0. The molecule has 2 aromatic carbocycles. The maximum absolute atomic E-state index is 13.2. The second-order valence-electron chi connectivity index (χ2n) is 7.73. The van der Waals surface area contributed by atoms with Crippen molar-refractivity contribution in [3.05, 3.63) is 65.7 Å². The Bertz CT molecular complexity index is 859. The quantitative estimate of drug-likeness (QED) is 0.739. The lowest BCUT2D eigenvalue weighted by Crippen LogP contribution is -2.47. The average molecular weight is 424 g/mol. The van der Waals surface area contributed by atoms with Gasteiger partial charge in [0, 0.05) is 25.3 Å². The number of nitrogens with zero attached hydrogens (tertiary/aromatic N) is 1. The monoisotopic (exact) mass is 424 g/mol. The zero-order chi connectivity index (χ0) is 21.5. The Balaban J connectivity index is 1.42. The lowest BCUT2D eigenvalue weighted by molar-refractivity contribution is -0.137. The molecule has 164 valence electrons. The van der Waals surface area contributed by atoms with E-state index in [2.05, 4.69) is 5.32 Å². The number of morpholine rings is 1. The summed E-state index contributed by atoms with van der Waals surface area (Å²) in [6.07, 6.45) is 2.22. The van der Waals surface area contributed by atoms with Crippen molar-refractivity contribution in [1.82, 2.24) is 10.2 Å². The number of hydrogen-bond donors (Lipinski definition) is 1. The number of carbonyl (C=O) groups excluding carboxylic acids is 2. The van der Waals surface area contributed by atoms with Gasteiger partial charge < -0.3 is 24.4 Å². The van der Waals surface area contributed by atoms with Crippen molar-refractivity contribution in [2.45, 2.75) is 25.0 Å². The highest BCUT2D eigenvalue weighted by molar-refractivity contribution is 5.98. The van der Waals surface area contributed by atoms with E-state index in [0.717, 1.165) is 25.0 Å².